The van der Waals surface area contributed by atoms with Crippen LogP contribution in [0.15, 0.2) is 54.9 Å². The number of hydrogen-bond acceptors (Lipinski definition) is 5. The molecule has 4 heterocycles. The summed E-state index contributed by atoms with van der Waals surface area (Å²) in [7, 11) is 0. The van der Waals surface area contributed by atoms with Crippen molar-refractivity contribution in [3.8, 4) is 0 Å². The molecule has 2 amide bonds. The van der Waals surface area contributed by atoms with Gasteiger partial charge in [-0.05, 0) is 42.7 Å². The van der Waals surface area contributed by atoms with Crippen molar-refractivity contribution in [3.05, 3.63) is 66.1 Å². The number of nitrogens with two attached hydrogens (primary N) is 1. The van der Waals surface area contributed by atoms with Gasteiger partial charge in [-0.1, -0.05) is 18.2 Å². The summed E-state index contributed by atoms with van der Waals surface area (Å²) < 4.78 is 0. The average molecular weight is 430 g/mol. The number of piperidine rings is 1. The number of hydrogen-bond donors (Lipinski definition) is 1. The largest absolute Gasteiger partial charge is 0.397 e. The van der Waals surface area contributed by atoms with E-state index in [1.807, 2.05) is 47.4 Å². The highest BCUT2D eigenvalue weighted by Gasteiger charge is 2.38. The zero-order valence-electron chi connectivity index (χ0n) is 18.0. The zero-order valence-corrected chi connectivity index (χ0v) is 18.0. The Hall–Kier alpha value is -3.48. The maximum Gasteiger partial charge on any atom is 0.228 e. The Morgan fingerprint density at radius 2 is 1.94 bits per heavy atom. The van der Waals surface area contributed by atoms with Crippen molar-refractivity contribution in [3.63, 3.8) is 0 Å². The van der Waals surface area contributed by atoms with Gasteiger partial charge in [0.1, 0.15) is 0 Å². The third-order valence-electron chi connectivity index (χ3n) is 6.59. The quantitative estimate of drug-likeness (QED) is 0.688. The third kappa shape index (κ3) is 4.02. The summed E-state index contributed by atoms with van der Waals surface area (Å²) in [5.74, 6) is -0.0684. The highest BCUT2D eigenvalue weighted by molar-refractivity contribution is 5.89. The van der Waals surface area contributed by atoms with Crippen LogP contribution in [0.2, 0.25) is 0 Å². The van der Waals surface area contributed by atoms with Gasteiger partial charge in [0.15, 0.2) is 0 Å². The summed E-state index contributed by atoms with van der Waals surface area (Å²) >= 11 is 0. The van der Waals surface area contributed by atoms with Gasteiger partial charge in [-0.25, -0.2) is 0 Å². The molecule has 164 valence electrons. The molecule has 3 aromatic rings. The number of fused-ring (bicyclic) bond motifs is 1. The number of carbonyl (C=O) groups excluding carboxylic acids is 2. The number of nitrogen functional groups attached to an aromatic ring is 1. The molecule has 0 radical (unpaired) electrons. The molecule has 2 unspecified atom stereocenters. The SMILES string of the molecule is Nc1cc2ccccc2nc1C1CCCN(C(=O)C2CC(=O)N(Cc3ccncc3)C2)C1. The monoisotopic (exact) mass is 429 g/mol. The van der Waals surface area contributed by atoms with E-state index in [9.17, 15) is 9.59 Å². The van der Waals surface area contributed by atoms with Crippen molar-refractivity contribution in [2.24, 2.45) is 5.92 Å². The topological polar surface area (TPSA) is 92.4 Å². The highest BCUT2D eigenvalue weighted by Crippen LogP contribution is 2.33. The molecule has 2 N–H and O–H groups in total. The van der Waals surface area contributed by atoms with E-state index in [1.165, 1.54) is 0 Å². The van der Waals surface area contributed by atoms with Gasteiger partial charge in [0.05, 0.1) is 22.8 Å². The zero-order chi connectivity index (χ0) is 22.1. The molecule has 7 heteroatoms. The van der Waals surface area contributed by atoms with Crippen LogP contribution >= 0.6 is 0 Å². The molecule has 0 spiro atoms. The first-order valence-corrected chi connectivity index (χ1v) is 11.2. The van der Waals surface area contributed by atoms with Crippen LogP contribution in [0.25, 0.3) is 10.9 Å². The summed E-state index contributed by atoms with van der Waals surface area (Å²) in [4.78, 5) is 38.4. The number of nitrogens with zero attached hydrogens (tertiary/aromatic N) is 4. The Balaban J connectivity index is 1.28. The Labute approximate surface area is 187 Å². The lowest BCUT2D eigenvalue weighted by Crippen LogP contribution is -2.43. The van der Waals surface area contributed by atoms with E-state index in [0.29, 0.717) is 25.3 Å². The number of benzene rings is 1. The van der Waals surface area contributed by atoms with Crippen molar-refractivity contribution >= 4 is 28.4 Å². The number of para-hydroxylation sites is 1. The van der Waals surface area contributed by atoms with Crippen LogP contribution in [0.4, 0.5) is 5.69 Å². The summed E-state index contributed by atoms with van der Waals surface area (Å²) in [5.41, 5.74) is 9.86. The van der Waals surface area contributed by atoms with E-state index < -0.39 is 0 Å². The van der Waals surface area contributed by atoms with E-state index >= 15 is 0 Å². The maximum absolute atomic E-state index is 13.3. The fourth-order valence-electron chi connectivity index (χ4n) is 4.93. The molecule has 2 aliphatic heterocycles. The van der Waals surface area contributed by atoms with Crippen molar-refractivity contribution < 1.29 is 9.59 Å². The van der Waals surface area contributed by atoms with Gasteiger partial charge in [-0.15, -0.1) is 0 Å². The molecule has 2 fully saturated rings. The first-order valence-electron chi connectivity index (χ1n) is 11.2. The second kappa shape index (κ2) is 8.57. The molecule has 2 aliphatic rings. The Morgan fingerprint density at radius 1 is 1.12 bits per heavy atom. The Kier molecular flexibility index (Phi) is 5.47. The van der Waals surface area contributed by atoms with Crippen molar-refractivity contribution in [1.82, 2.24) is 19.8 Å². The molecule has 0 aliphatic carbocycles. The van der Waals surface area contributed by atoms with Crippen LogP contribution in [0.5, 0.6) is 0 Å². The van der Waals surface area contributed by atoms with Crippen LogP contribution in [-0.2, 0) is 16.1 Å². The second-order valence-corrected chi connectivity index (χ2v) is 8.81. The Bertz CT molecular complexity index is 1150. The lowest BCUT2D eigenvalue weighted by Gasteiger charge is -2.34. The van der Waals surface area contributed by atoms with Crippen molar-refractivity contribution in [1.29, 1.82) is 0 Å². The minimum absolute atomic E-state index is 0.0363. The van der Waals surface area contributed by atoms with Gasteiger partial charge in [0.2, 0.25) is 11.8 Å². The van der Waals surface area contributed by atoms with E-state index in [4.69, 9.17) is 10.7 Å². The summed E-state index contributed by atoms with van der Waals surface area (Å²) in [6, 6.07) is 13.7. The molecule has 2 atom stereocenters. The molecule has 2 saturated heterocycles. The molecule has 0 bridgehead atoms. The van der Waals surface area contributed by atoms with Gasteiger partial charge < -0.3 is 15.5 Å². The summed E-state index contributed by atoms with van der Waals surface area (Å²) in [6.07, 6.45) is 5.59. The second-order valence-electron chi connectivity index (χ2n) is 8.81. The minimum atomic E-state index is -0.287. The van der Waals surface area contributed by atoms with Crippen LogP contribution in [0, 0.1) is 5.92 Å². The number of aromatic nitrogens is 2. The van der Waals surface area contributed by atoms with E-state index in [1.54, 1.807) is 17.3 Å². The number of anilines is 1. The fraction of sp³-hybridized carbons (Fsp3) is 0.360. The number of rotatable bonds is 4. The maximum atomic E-state index is 13.3. The lowest BCUT2D eigenvalue weighted by atomic mass is 9.91. The average Bonchev–Trinajstić information content (AvgIpc) is 3.19. The number of pyridine rings is 2. The molecular weight excluding hydrogens is 402 g/mol. The van der Waals surface area contributed by atoms with Gasteiger partial charge in [0.25, 0.3) is 0 Å². The van der Waals surface area contributed by atoms with E-state index in [2.05, 4.69) is 4.98 Å². The van der Waals surface area contributed by atoms with Crippen LogP contribution in [0.3, 0.4) is 0 Å². The number of carbonyl (C=O) groups is 2. The molecule has 2 aromatic heterocycles. The molecule has 1 aromatic carbocycles. The predicted molar refractivity (Wildman–Crippen MR) is 122 cm³/mol. The highest BCUT2D eigenvalue weighted by atomic mass is 16.2. The first kappa shape index (κ1) is 20.4. The summed E-state index contributed by atoms with van der Waals surface area (Å²) in [6.45, 7) is 2.31. The third-order valence-corrected chi connectivity index (χ3v) is 6.59. The van der Waals surface area contributed by atoms with Crippen LogP contribution < -0.4 is 5.73 Å². The summed E-state index contributed by atoms with van der Waals surface area (Å²) in [5, 5.41) is 1.02. The predicted octanol–water partition coefficient (Wildman–Crippen LogP) is 2.97. The molecule has 0 saturated carbocycles. The normalized spacial score (nSPS) is 21.3. The van der Waals surface area contributed by atoms with Crippen molar-refractivity contribution in [2.75, 3.05) is 25.4 Å². The number of likely N-dealkylation sites (tertiary alicyclic amines) is 2. The van der Waals surface area contributed by atoms with Crippen LogP contribution in [0.1, 0.15) is 36.4 Å². The van der Waals surface area contributed by atoms with E-state index in [-0.39, 0.29) is 30.1 Å². The Morgan fingerprint density at radius 3 is 2.78 bits per heavy atom. The number of amides is 2. The molecule has 32 heavy (non-hydrogen) atoms. The van der Waals surface area contributed by atoms with Gasteiger partial charge >= 0.3 is 0 Å². The first-order chi connectivity index (χ1) is 15.6. The van der Waals surface area contributed by atoms with Gasteiger partial charge in [0, 0.05) is 56.3 Å². The fourth-order valence-corrected chi connectivity index (χ4v) is 4.93. The molecule has 7 nitrogen and oxygen atoms in total. The standard InChI is InChI=1S/C25H27N5O2/c26-21-12-18-4-1-2-6-22(18)28-24(21)19-5-3-11-29(15-19)25(32)20-13-23(31)30(16-20)14-17-7-9-27-10-8-17/h1-2,4,6-10,12,19-20H,3,5,11,13-16,26H2. The van der Waals surface area contributed by atoms with Gasteiger partial charge in [-0.2, -0.15) is 0 Å². The van der Waals surface area contributed by atoms with Gasteiger partial charge in [-0.3, -0.25) is 19.6 Å². The van der Waals surface area contributed by atoms with E-state index in [0.717, 1.165) is 41.5 Å². The lowest BCUT2D eigenvalue weighted by molar-refractivity contribution is -0.137. The molecule has 5 rings (SSSR count). The molecular formula is C25H27N5O2. The van der Waals surface area contributed by atoms with Crippen LogP contribution in [-0.4, -0.2) is 51.2 Å². The smallest absolute Gasteiger partial charge is 0.228 e. The van der Waals surface area contributed by atoms with Crippen molar-refractivity contribution in [2.45, 2.75) is 31.7 Å². The minimum Gasteiger partial charge on any atom is -0.397 e.